The molecule has 1 N–H and O–H groups in total. The standard InChI is InChI=1S/C10H16N2O2/c1-4-11-9-8(10(13)14-3)6-5-7(2)12-9/h5-6,8-9,11H,4H2,1-3H3/t8-,9-/m0/s1. The predicted molar refractivity (Wildman–Crippen MR) is 55.2 cm³/mol. The lowest BCUT2D eigenvalue weighted by molar-refractivity contribution is -0.144. The third-order valence-corrected chi connectivity index (χ3v) is 2.11. The van der Waals surface area contributed by atoms with Gasteiger partial charge in [-0.05, 0) is 19.5 Å². The number of esters is 1. The molecule has 2 atom stereocenters. The zero-order valence-electron chi connectivity index (χ0n) is 8.78. The summed E-state index contributed by atoms with van der Waals surface area (Å²) in [5, 5.41) is 3.14. The van der Waals surface area contributed by atoms with Crippen LogP contribution >= 0.6 is 0 Å². The first-order valence-corrected chi connectivity index (χ1v) is 4.72. The number of nitrogens with zero attached hydrogens (tertiary/aromatic N) is 1. The van der Waals surface area contributed by atoms with E-state index in [1.54, 1.807) is 0 Å². The van der Waals surface area contributed by atoms with Crippen molar-refractivity contribution in [1.29, 1.82) is 0 Å². The third-order valence-electron chi connectivity index (χ3n) is 2.11. The van der Waals surface area contributed by atoms with Crippen molar-refractivity contribution >= 4 is 11.7 Å². The van der Waals surface area contributed by atoms with Crippen LogP contribution in [0.15, 0.2) is 17.1 Å². The minimum Gasteiger partial charge on any atom is -0.468 e. The van der Waals surface area contributed by atoms with Gasteiger partial charge in [-0.15, -0.1) is 0 Å². The van der Waals surface area contributed by atoms with E-state index in [0.717, 1.165) is 12.3 Å². The van der Waals surface area contributed by atoms with Gasteiger partial charge in [0.1, 0.15) is 12.1 Å². The van der Waals surface area contributed by atoms with Gasteiger partial charge in [0, 0.05) is 5.71 Å². The van der Waals surface area contributed by atoms with Crippen molar-refractivity contribution in [3.05, 3.63) is 12.2 Å². The van der Waals surface area contributed by atoms with E-state index in [9.17, 15) is 4.79 Å². The normalized spacial score (nSPS) is 25.8. The molecule has 0 unspecified atom stereocenters. The minimum absolute atomic E-state index is 0.183. The number of rotatable bonds is 3. The first-order valence-electron chi connectivity index (χ1n) is 4.72. The van der Waals surface area contributed by atoms with Crippen LogP contribution < -0.4 is 5.32 Å². The highest BCUT2D eigenvalue weighted by Crippen LogP contribution is 2.14. The van der Waals surface area contributed by atoms with E-state index < -0.39 is 0 Å². The van der Waals surface area contributed by atoms with Gasteiger partial charge in [0.25, 0.3) is 0 Å². The lowest BCUT2D eigenvalue weighted by Crippen LogP contribution is -2.40. The summed E-state index contributed by atoms with van der Waals surface area (Å²) in [6.45, 7) is 4.68. The molecule has 0 aromatic heterocycles. The van der Waals surface area contributed by atoms with Gasteiger partial charge in [-0.1, -0.05) is 13.0 Å². The second kappa shape index (κ2) is 4.91. The zero-order chi connectivity index (χ0) is 10.6. The SMILES string of the molecule is CCN[C@H]1N=C(C)C=C[C@@H]1C(=O)OC. The van der Waals surface area contributed by atoms with Gasteiger partial charge in [0.2, 0.25) is 0 Å². The quantitative estimate of drug-likeness (QED) is 0.677. The first-order chi connectivity index (χ1) is 6.69. The van der Waals surface area contributed by atoms with E-state index in [0.29, 0.717) is 0 Å². The van der Waals surface area contributed by atoms with E-state index in [1.165, 1.54) is 7.11 Å². The van der Waals surface area contributed by atoms with Crippen molar-refractivity contribution in [1.82, 2.24) is 5.32 Å². The van der Waals surface area contributed by atoms with Crippen molar-refractivity contribution in [2.45, 2.75) is 20.0 Å². The number of methoxy groups -OCH3 is 1. The summed E-state index contributed by atoms with van der Waals surface area (Å²) >= 11 is 0. The fraction of sp³-hybridized carbons (Fsp3) is 0.600. The van der Waals surface area contributed by atoms with Crippen LogP contribution in [0.2, 0.25) is 0 Å². The first kappa shape index (κ1) is 10.9. The number of allylic oxidation sites excluding steroid dienone is 1. The minimum atomic E-state index is -0.302. The van der Waals surface area contributed by atoms with E-state index in [1.807, 2.05) is 26.0 Å². The van der Waals surface area contributed by atoms with E-state index in [4.69, 9.17) is 4.74 Å². The average Bonchev–Trinajstić information content (AvgIpc) is 2.17. The smallest absolute Gasteiger partial charge is 0.316 e. The molecule has 0 aliphatic carbocycles. The number of hydrogen-bond donors (Lipinski definition) is 1. The number of nitrogens with one attached hydrogen (secondary N) is 1. The zero-order valence-corrected chi connectivity index (χ0v) is 8.78. The van der Waals surface area contributed by atoms with Gasteiger partial charge in [-0.25, -0.2) is 0 Å². The maximum atomic E-state index is 11.4. The molecule has 0 spiro atoms. The summed E-state index contributed by atoms with van der Waals surface area (Å²) in [6.07, 6.45) is 3.49. The van der Waals surface area contributed by atoms with E-state index >= 15 is 0 Å². The molecule has 0 aromatic rings. The molecule has 1 heterocycles. The second-order valence-electron chi connectivity index (χ2n) is 3.18. The molecule has 78 valence electrons. The second-order valence-corrected chi connectivity index (χ2v) is 3.18. The molecule has 0 aromatic carbocycles. The Hall–Kier alpha value is -1.16. The van der Waals surface area contributed by atoms with E-state index in [2.05, 4.69) is 10.3 Å². The van der Waals surface area contributed by atoms with Crippen molar-refractivity contribution in [2.24, 2.45) is 10.9 Å². The van der Waals surface area contributed by atoms with Crippen LogP contribution in [0.3, 0.4) is 0 Å². The van der Waals surface area contributed by atoms with Crippen molar-refractivity contribution in [3.63, 3.8) is 0 Å². The van der Waals surface area contributed by atoms with E-state index in [-0.39, 0.29) is 18.1 Å². The Morgan fingerprint density at radius 3 is 3.00 bits per heavy atom. The van der Waals surface area contributed by atoms with Gasteiger partial charge in [0.05, 0.1) is 7.11 Å². The fourth-order valence-corrected chi connectivity index (χ4v) is 1.42. The van der Waals surface area contributed by atoms with Crippen LogP contribution in [-0.4, -0.2) is 31.5 Å². The van der Waals surface area contributed by atoms with Crippen LogP contribution in [0.25, 0.3) is 0 Å². The van der Waals surface area contributed by atoms with Crippen LogP contribution in [0, 0.1) is 5.92 Å². The van der Waals surface area contributed by atoms with Crippen LogP contribution in [0.5, 0.6) is 0 Å². The van der Waals surface area contributed by atoms with Gasteiger partial charge < -0.3 is 4.74 Å². The number of dihydropyridines is 1. The van der Waals surface area contributed by atoms with Crippen LogP contribution in [0.1, 0.15) is 13.8 Å². The summed E-state index contributed by atoms with van der Waals surface area (Å²) in [5.41, 5.74) is 0.927. The molecular weight excluding hydrogens is 180 g/mol. The maximum Gasteiger partial charge on any atom is 0.316 e. The van der Waals surface area contributed by atoms with Crippen LogP contribution in [-0.2, 0) is 9.53 Å². The Kier molecular flexibility index (Phi) is 3.83. The van der Waals surface area contributed by atoms with Crippen molar-refractivity contribution < 1.29 is 9.53 Å². The van der Waals surface area contributed by atoms with Gasteiger partial charge in [-0.3, -0.25) is 15.1 Å². The molecule has 0 bridgehead atoms. The fourth-order valence-electron chi connectivity index (χ4n) is 1.42. The molecule has 0 radical (unpaired) electrons. The highest BCUT2D eigenvalue weighted by atomic mass is 16.5. The number of carbonyl (C=O) groups excluding carboxylic acids is 1. The number of carbonyl (C=O) groups is 1. The molecule has 1 rings (SSSR count). The summed E-state index contributed by atoms with van der Waals surface area (Å²) in [4.78, 5) is 15.7. The average molecular weight is 196 g/mol. The Bertz CT molecular complexity index is 271. The molecule has 0 amide bonds. The van der Waals surface area contributed by atoms with Gasteiger partial charge in [-0.2, -0.15) is 0 Å². The van der Waals surface area contributed by atoms with Crippen molar-refractivity contribution in [3.8, 4) is 0 Å². The molecule has 0 saturated heterocycles. The largest absolute Gasteiger partial charge is 0.468 e. The highest BCUT2D eigenvalue weighted by Gasteiger charge is 2.27. The Labute approximate surface area is 84.0 Å². The lowest BCUT2D eigenvalue weighted by atomic mass is 10.0. The molecule has 0 saturated carbocycles. The Balaban J connectivity index is 2.75. The molecule has 1 aliphatic rings. The number of hydrogen-bond acceptors (Lipinski definition) is 4. The summed E-state index contributed by atoms with van der Waals surface area (Å²) in [7, 11) is 1.39. The topological polar surface area (TPSA) is 50.7 Å². The Morgan fingerprint density at radius 1 is 1.71 bits per heavy atom. The molecule has 14 heavy (non-hydrogen) atoms. The monoisotopic (exact) mass is 196 g/mol. The molecular formula is C10H16N2O2. The highest BCUT2D eigenvalue weighted by molar-refractivity contribution is 5.95. The molecule has 4 nitrogen and oxygen atoms in total. The molecule has 1 aliphatic heterocycles. The summed E-state index contributed by atoms with van der Waals surface area (Å²) < 4.78 is 4.70. The van der Waals surface area contributed by atoms with Crippen molar-refractivity contribution in [2.75, 3.05) is 13.7 Å². The van der Waals surface area contributed by atoms with Gasteiger partial charge in [0.15, 0.2) is 0 Å². The number of aliphatic imine (C=N–C) groups is 1. The van der Waals surface area contributed by atoms with Crippen LogP contribution in [0.4, 0.5) is 0 Å². The Morgan fingerprint density at radius 2 is 2.43 bits per heavy atom. The molecule has 4 heteroatoms. The third kappa shape index (κ3) is 2.42. The lowest BCUT2D eigenvalue weighted by Gasteiger charge is -2.23. The molecule has 0 fully saturated rings. The van der Waals surface area contributed by atoms with Gasteiger partial charge >= 0.3 is 5.97 Å². The summed E-state index contributed by atoms with van der Waals surface area (Å²) in [6, 6.07) is 0. The predicted octanol–water partition coefficient (Wildman–Crippen LogP) is 0.742. The number of ether oxygens (including phenoxy) is 1. The maximum absolute atomic E-state index is 11.4. The summed E-state index contributed by atoms with van der Waals surface area (Å²) in [5.74, 6) is -0.549.